The molecule has 5 nitrogen and oxygen atoms in total. The van der Waals surface area contributed by atoms with Crippen molar-refractivity contribution in [3.05, 3.63) is 114 Å². The average molecular weight is 496 g/mol. The van der Waals surface area contributed by atoms with E-state index in [1.165, 1.54) is 16.7 Å². The molecule has 0 spiro atoms. The molecule has 0 saturated heterocycles. The van der Waals surface area contributed by atoms with Crippen molar-refractivity contribution in [3.63, 3.8) is 0 Å². The minimum Gasteiger partial charge on any atom is -0.489 e. The highest BCUT2D eigenvalue weighted by Gasteiger charge is 2.11. The number of anilines is 1. The van der Waals surface area contributed by atoms with Crippen molar-refractivity contribution in [2.24, 2.45) is 0 Å². The number of fused-ring (bicyclic) bond motifs is 1. The van der Waals surface area contributed by atoms with E-state index in [0.717, 1.165) is 22.2 Å². The molecule has 7 heteroatoms. The predicted molar refractivity (Wildman–Crippen MR) is 146 cm³/mol. The van der Waals surface area contributed by atoms with Gasteiger partial charge in [0.2, 0.25) is 0 Å². The number of hydrogen-bond acceptors (Lipinski definition) is 5. The van der Waals surface area contributed by atoms with Gasteiger partial charge in [0.25, 0.3) is 5.91 Å². The number of nitrogens with one attached hydrogen (secondary N) is 2. The molecule has 0 saturated carbocycles. The van der Waals surface area contributed by atoms with Crippen molar-refractivity contribution in [1.82, 2.24) is 10.3 Å². The maximum Gasteiger partial charge on any atom is 0.257 e. The minimum absolute atomic E-state index is 0.193. The number of rotatable bonds is 6. The smallest absolute Gasteiger partial charge is 0.257 e. The van der Waals surface area contributed by atoms with Crippen molar-refractivity contribution in [1.29, 1.82) is 0 Å². The zero-order chi connectivity index (χ0) is 24.0. The Morgan fingerprint density at radius 1 is 0.886 bits per heavy atom. The zero-order valence-corrected chi connectivity index (χ0v) is 20.2. The monoisotopic (exact) mass is 495 g/mol. The number of nitrogens with zero attached hydrogens (tertiary/aromatic N) is 1. The Bertz CT molecular complexity index is 1480. The van der Waals surface area contributed by atoms with E-state index in [1.54, 1.807) is 24.3 Å². The molecule has 0 radical (unpaired) electrons. The summed E-state index contributed by atoms with van der Waals surface area (Å²) in [6, 6.07) is 31.3. The van der Waals surface area contributed by atoms with E-state index in [2.05, 4.69) is 45.9 Å². The molecule has 0 aliphatic carbocycles. The second kappa shape index (κ2) is 10.5. The van der Waals surface area contributed by atoms with Gasteiger partial charge in [-0.3, -0.25) is 10.1 Å². The van der Waals surface area contributed by atoms with Gasteiger partial charge in [-0.25, -0.2) is 4.98 Å². The SMILES string of the molecule is O=C(NC(=S)Nc1nc(-c2ccc3ccccc3c2)cs1)c1ccc(OCc2ccccc2)cc1. The first kappa shape index (κ1) is 22.7. The van der Waals surface area contributed by atoms with Crippen LogP contribution in [0.2, 0.25) is 0 Å². The zero-order valence-electron chi connectivity index (χ0n) is 18.6. The Morgan fingerprint density at radius 3 is 2.43 bits per heavy atom. The van der Waals surface area contributed by atoms with Gasteiger partial charge in [-0.05, 0) is 58.9 Å². The van der Waals surface area contributed by atoms with Crippen LogP contribution in [-0.4, -0.2) is 16.0 Å². The van der Waals surface area contributed by atoms with Gasteiger partial charge in [0.15, 0.2) is 10.2 Å². The topological polar surface area (TPSA) is 63.2 Å². The standard InChI is InChI=1S/C28H21N3O2S2/c32-26(21-12-14-24(15-13-21)33-17-19-6-2-1-3-7-19)30-27(34)31-28-29-25(18-35-28)23-11-10-20-8-4-5-9-22(20)16-23/h1-16,18H,17H2,(H2,29,30,31,32,34). The summed E-state index contributed by atoms with van der Waals surface area (Å²) in [5, 5.41) is 10.8. The lowest BCUT2D eigenvalue weighted by Crippen LogP contribution is -2.34. The summed E-state index contributed by atoms with van der Waals surface area (Å²) in [6.07, 6.45) is 0. The fraction of sp³-hybridized carbons (Fsp3) is 0.0357. The Balaban J connectivity index is 1.16. The predicted octanol–water partition coefficient (Wildman–Crippen LogP) is 6.67. The number of ether oxygens (including phenoxy) is 1. The Kier molecular flexibility index (Phi) is 6.79. The number of thiocarbonyl (C=S) groups is 1. The second-order valence-corrected chi connectivity index (χ2v) is 9.07. The molecule has 0 unspecified atom stereocenters. The summed E-state index contributed by atoms with van der Waals surface area (Å²) in [5.74, 6) is 0.388. The van der Waals surface area contributed by atoms with Gasteiger partial charge in [-0.15, -0.1) is 11.3 Å². The summed E-state index contributed by atoms with van der Waals surface area (Å²) >= 11 is 6.75. The molecule has 2 N–H and O–H groups in total. The molecule has 0 atom stereocenters. The fourth-order valence-corrected chi connectivity index (χ4v) is 4.54. The van der Waals surface area contributed by atoms with Crippen molar-refractivity contribution >= 4 is 50.5 Å². The lowest BCUT2D eigenvalue weighted by atomic mass is 10.1. The molecule has 0 aliphatic heterocycles. The third-order valence-electron chi connectivity index (χ3n) is 5.36. The van der Waals surface area contributed by atoms with Gasteiger partial charge in [0.1, 0.15) is 12.4 Å². The van der Waals surface area contributed by atoms with Crippen LogP contribution in [0.15, 0.2) is 102 Å². The van der Waals surface area contributed by atoms with Gasteiger partial charge < -0.3 is 10.1 Å². The van der Waals surface area contributed by atoms with Crippen molar-refractivity contribution < 1.29 is 9.53 Å². The quantitative estimate of drug-likeness (QED) is 0.258. The summed E-state index contributed by atoms with van der Waals surface area (Å²) in [4.78, 5) is 17.2. The molecule has 1 heterocycles. The first-order valence-corrected chi connectivity index (χ1v) is 12.3. The molecule has 1 amide bonds. The maximum absolute atomic E-state index is 12.6. The Morgan fingerprint density at radius 2 is 1.63 bits per heavy atom. The van der Waals surface area contributed by atoms with E-state index in [0.29, 0.717) is 23.1 Å². The van der Waals surface area contributed by atoms with Crippen molar-refractivity contribution in [2.75, 3.05) is 5.32 Å². The van der Waals surface area contributed by atoms with Crippen LogP contribution in [0.3, 0.4) is 0 Å². The third kappa shape index (κ3) is 5.71. The summed E-state index contributed by atoms with van der Waals surface area (Å²) < 4.78 is 5.77. The lowest BCUT2D eigenvalue weighted by molar-refractivity contribution is 0.0977. The number of carbonyl (C=O) groups is 1. The van der Waals surface area contributed by atoms with Gasteiger partial charge in [0.05, 0.1) is 5.69 Å². The van der Waals surface area contributed by atoms with E-state index in [-0.39, 0.29) is 11.0 Å². The van der Waals surface area contributed by atoms with E-state index in [9.17, 15) is 4.79 Å². The van der Waals surface area contributed by atoms with Crippen LogP contribution in [0.5, 0.6) is 5.75 Å². The molecule has 5 aromatic rings. The van der Waals surface area contributed by atoms with Crippen molar-refractivity contribution in [3.8, 4) is 17.0 Å². The number of amides is 1. The summed E-state index contributed by atoms with van der Waals surface area (Å²) in [5.41, 5.74) is 3.44. The van der Waals surface area contributed by atoms with Crippen LogP contribution < -0.4 is 15.4 Å². The van der Waals surface area contributed by atoms with Crippen LogP contribution >= 0.6 is 23.6 Å². The molecule has 0 fully saturated rings. The first-order chi connectivity index (χ1) is 17.1. The van der Waals surface area contributed by atoms with E-state index in [4.69, 9.17) is 17.0 Å². The summed E-state index contributed by atoms with van der Waals surface area (Å²) in [7, 11) is 0. The molecule has 1 aromatic heterocycles. The highest BCUT2D eigenvalue weighted by Crippen LogP contribution is 2.27. The van der Waals surface area contributed by atoms with E-state index in [1.807, 2.05) is 47.8 Å². The molecule has 172 valence electrons. The minimum atomic E-state index is -0.302. The molecular formula is C28H21N3O2S2. The second-order valence-electron chi connectivity index (χ2n) is 7.81. The summed E-state index contributed by atoms with van der Waals surface area (Å²) in [6.45, 7) is 0.468. The van der Waals surface area contributed by atoms with Crippen LogP contribution in [0.25, 0.3) is 22.0 Å². The fourth-order valence-electron chi connectivity index (χ4n) is 3.56. The molecular weight excluding hydrogens is 474 g/mol. The van der Waals surface area contributed by atoms with Gasteiger partial charge >= 0.3 is 0 Å². The van der Waals surface area contributed by atoms with Crippen LogP contribution in [-0.2, 0) is 6.61 Å². The van der Waals surface area contributed by atoms with Gasteiger partial charge in [0, 0.05) is 16.5 Å². The number of hydrogen-bond donors (Lipinski definition) is 2. The number of aromatic nitrogens is 1. The number of carbonyl (C=O) groups excluding carboxylic acids is 1. The van der Waals surface area contributed by atoms with Crippen LogP contribution in [0.4, 0.5) is 5.13 Å². The first-order valence-electron chi connectivity index (χ1n) is 11.0. The average Bonchev–Trinajstić information content (AvgIpc) is 3.36. The normalized spacial score (nSPS) is 10.6. The lowest BCUT2D eigenvalue weighted by Gasteiger charge is -2.09. The maximum atomic E-state index is 12.6. The molecule has 0 aliphatic rings. The van der Waals surface area contributed by atoms with Crippen molar-refractivity contribution in [2.45, 2.75) is 6.61 Å². The van der Waals surface area contributed by atoms with Crippen LogP contribution in [0, 0.1) is 0 Å². The van der Waals surface area contributed by atoms with Crippen LogP contribution in [0.1, 0.15) is 15.9 Å². The number of thiazole rings is 1. The Labute approximate surface area is 212 Å². The highest BCUT2D eigenvalue weighted by molar-refractivity contribution is 7.80. The number of benzene rings is 4. The third-order valence-corrected chi connectivity index (χ3v) is 6.32. The molecule has 5 rings (SSSR count). The molecule has 0 bridgehead atoms. The molecule has 35 heavy (non-hydrogen) atoms. The van der Waals surface area contributed by atoms with Gasteiger partial charge in [-0.1, -0.05) is 66.7 Å². The Hall–Kier alpha value is -4.07. The molecule has 4 aromatic carbocycles. The highest BCUT2D eigenvalue weighted by atomic mass is 32.1. The largest absolute Gasteiger partial charge is 0.489 e. The van der Waals surface area contributed by atoms with E-state index >= 15 is 0 Å². The van der Waals surface area contributed by atoms with E-state index < -0.39 is 0 Å². The van der Waals surface area contributed by atoms with Gasteiger partial charge in [-0.2, -0.15) is 0 Å².